The fourth-order valence-corrected chi connectivity index (χ4v) is 2.70. The third-order valence-corrected chi connectivity index (χ3v) is 3.99. The molecule has 0 aliphatic heterocycles. The molecule has 0 aliphatic carbocycles. The number of halogens is 1. The Bertz CT molecular complexity index is 857. The number of Topliss-reactive ketones (excluding diaryl/α,β-unsaturated/α-hetero) is 1. The molecule has 0 aliphatic rings. The lowest BCUT2D eigenvalue weighted by Crippen LogP contribution is -2.02. The largest absolute Gasteiger partial charge is 0.488 e. The predicted octanol–water partition coefficient (Wildman–Crippen LogP) is 5.79. The van der Waals surface area contributed by atoms with Gasteiger partial charge in [-0.15, -0.1) is 0 Å². The van der Waals surface area contributed by atoms with Crippen LogP contribution in [0.15, 0.2) is 72.8 Å². The quantitative estimate of drug-likeness (QED) is 0.551. The molecule has 3 heteroatoms. The first-order valence-electron chi connectivity index (χ1n) is 7.71. The van der Waals surface area contributed by atoms with Crippen molar-refractivity contribution in [1.82, 2.24) is 0 Å². The summed E-state index contributed by atoms with van der Waals surface area (Å²) in [7, 11) is 0. The van der Waals surface area contributed by atoms with Gasteiger partial charge in [0, 0.05) is 5.02 Å². The number of ketones is 1. The molecule has 24 heavy (non-hydrogen) atoms. The van der Waals surface area contributed by atoms with Crippen LogP contribution in [-0.4, -0.2) is 5.78 Å². The van der Waals surface area contributed by atoms with Crippen molar-refractivity contribution >= 4 is 17.4 Å². The minimum absolute atomic E-state index is 0.0260. The van der Waals surface area contributed by atoms with Crippen LogP contribution in [0.2, 0.25) is 5.02 Å². The maximum absolute atomic E-state index is 12.0. The normalized spacial score (nSPS) is 10.4. The van der Waals surface area contributed by atoms with Crippen LogP contribution >= 0.6 is 11.6 Å². The summed E-state index contributed by atoms with van der Waals surface area (Å²) in [6, 6.07) is 23.1. The molecule has 0 spiro atoms. The molecule has 3 aromatic rings. The van der Waals surface area contributed by atoms with Gasteiger partial charge in [0.05, 0.1) is 5.56 Å². The van der Waals surface area contributed by atoms with Crippen LogP contribution in [0, 0.1) is 0 Å². The SMILES string of the molecule is CC(=O)c1cc(-c2cccc(Cl)c2)ccc1OCc1ccccc1. The lowest BCUT2D eigenvalue weighted by atomic mass is 10.0. The molecule has 0 radical (unpaired) electrons. The van der Waals surface area contributed by atoms with E-state index in [4.69, 9.17) is 16.3 Å². The number of carbonyl (C=O) groups excluding carboxylic acids is 1. The highest BCUT2D eigenvalue weighted by atomic mass is 35.5. The Kier molecular flexibility index (Phi) is 4.97. The van der Waals surface area contributed by atoms with Crippen molar-refractivity contribution in [3.05, 3.63) is 88.9 Å². The van der Waals surface area contributed by atoms with E-state index in [1.54, 1.807) is 6.92 Å². The zero-order valence-corrected chi connectivity index (χ0v) is 14.1. The first kappa shape index (κ1) is 16.3. The summed E-state index contributed by atoms with van der Waals surface area (Å²) in [5.74, 6) is 0.569. The summed E-state index contributed by atoms with van der Waals surface area (Å²) in [6.07, 6.45) is 0. The topological polar surface area (TPSA) is 26.3 Å². The molecule has 0 saturated heterocycles. The Morgan fingerprint density at radius 3 is 2.38 bits per heavy atom. The highest BCUT2D eigenvalue weighted by Gasteiger charge is 2.11. The van der Waals surface area contributed by atoms with E-state index in [0.29, 0.717) is 22.9 Å². The summed E-state index contributed by atoms with van der Waals surface area (Å²) in [6.45, 7) is 1.98. The molecular formula is C21H17ClO2. The molecular weight excluding hydrogens is 320 g/mol. The minimum Gasteiger partial charge on any atom is -0.488 e. The van der Waals surface area contributed by atoms with Crippen molar-refractivity contribution in [1.29, 1.82) is 0 Å². The van der Waals surface area contributed by atoms with Gasteiger partial charge in [0.1, 0.15) is 12.4 Å². The summed E-state index contributed by atoms with van der Waals surface area (Å²) < 4.78 is 5.85. The number of hydrogen-bond acceptors (Lipinski definition) is 2. The van der Waals surface area contributed by atoms with E-state index < -0.39 is 0 Å². The van der Waals surface area contributed by atoms with E-state index in [1.807, 2.05) is 72.8 Å². The van der Waals surface area contributed by atoms with Gasteiger partial charge in [0.25, 0.3) is 0 Å². The summed E-state index contributed by atoms with van der Waals surface area (Å²) >= 11 is 6.05. The predicted molar refractivity (Wildman–Crippen MR) is 97.7 cm³/mol. The molecule has 0 unspecified atom stereocenters. The molecule has 0 amide bonds. The molecule has 120 valence electrons. The van der Waals surface area contributed by atoms with Gasteiger partial charge in [-0.05, 0) is 47.9 Å². The van der Waals surface area contributed by atoms with Gasteiger partial charge in [0.2, 0.25) is 0 Å². The standard InChI is InChI=1S/C21H17ClO2/c1-15(23)20-13-18(17-8-5-9-19(22)12-17)10-11-21(20)24-14-16-6-3-2-4-7-16/h2-13H,14H2,1H3. The van der Waals surface area contributed by atoms with Crippen LogP contribution in [0.3, 0.4) is 0 Å². The van der Waals surface area contributed by atoms with Gasteiger partial charge in [-0.2, -0.15) is 0 Å². The maximum Gasteiger partial charge on any atom is 0.163 e. The molecule has 0 heterocycles. The highest BCUT2D eigenvalue weighted by Crippen LogP contribution is 2.29. The van der Waals surface area contributed by atoms with Crippen molar-refractivity contribution in [3.63, 3.8) is 0 Å². The molecule has 2 nitrogen and oxygen atoms in total. The fourth-order valence-electron chi connectivity index (χ4n) is 2.51. The monoisotopic (exact) mass is 336 g/mol. The lowest BCUT2D eigenvalue weighted by molar-refractivity contribution is 0.101. The summed E-state index contributed by atoms with van der Waals surface area (Å²) in [5.41, 5.74) is 3.55. The number of carbonyl (C=O) groups is 1. The smallest absolute Gasteiger partial charge is 0.163 e. The van der Waals surface area contributed by atoms with Gasteiger partial charge in [0.15, 0.2) is 5.78 Å². The molecule has 0 fully saturated rings. The lowest BCUT2D eigenvalue weighted by Gasteiger charge is -2.12. The zero-order valence-electron chi connectivity index (χ0n) is 13.3. The molecule has 0 N–H and O–H groups in total. The molecule has 0 saturated carbocycles. The van der Waals surface area contributed by atoms with Gasteiger partial charge in [-0.1, -0.05) is 60.1 Å². The highest BCUT2D eigenvalue weighted by molar-refractivity contribution is 6.30. The Labute approximate surface area is 146 Å². The number of hydrogen-bond donors (Lipinski definition) is 0. The number of benzene rings is 3. The van der Waals surface area contributed by atoms with Gasteiger partial charge < -0.3 is 4.74 Å². The summed E-state index contributed by atoms with van der Waals surface area (Å²) in [5, 5.41) is 0.668. The van der Waals surface area contributed by atoms with Crippen molar-refractivity contribution in [2.75, 3.05) is 0 Å². The Balaban J connectivity index is 1.89. The van der Waals surface area contributed by atoms with Crippen LogP contribution in [0.5, 0.6) is 5.75 Å². The first-order valence-corrected chi connectivity index (χ1v) is 8.09. The third kappa shape index (κ3) is 3.84. The second kappa shape index (κ2) is 7.33. The molecule has 0 bridgehead atoms. The van der Waals surface area contributed by atoms with E-state index in [1.165, 1.54) is 0 Å². The van der Waals surface area contributed by atoms with Crippen LogP contribution in [0.25, 0.3) is 11.1 Å². The van der Waals surface area contributed by atoms with E-state index in [9.17, 15) is 4.79 Å². The first-order chi connectivity index (χ1) is 11.6. The van der Waals surface area contributed by atoms with Gasteiger partial charge in [-0.3, -0.25) is 4.79 Å². The van der Waals surface area contributed by atoms with Gasteiger partial charge in [-0.25, -0.2) is 0 Å². The number of rotatable bonds is 5. The molecule has 3 aromatic carbocycles. The van der Waals surface area contributed by atoms with Crippen molar-refractivity contribution in [2.45, 2.75) is 13.5 Å². The van der Waals surface area contributed by atoms with E-state index in [-0.39, 0.29) is 5.78 Å². The van der Waals surface area contributed by atoms with Crippen LogP contribution in [0.1, 0.15) is 22.8 Å². The minimum atomic E-state index is -0.0260. The van der Waals surface area contributed by atoms with Crippen LogP contribution in [-0.2, 0) is 6.61 Å². The Morgan fingerprint density at radius 2 is 1.67 bits per heavy atom. The van der Waals surface area contributed by atoms with Crippen LogP contribution in [0.4, 0.5) is 0 Å². The Morgan fingerprint density at radius 1 is 0.917 bits per heavy atom. The second-order valence-electron chi connectivity index (χ2n) is 5.55. The maximum atomic E-state index is 12.0. The third-order valence-electron chi connectivity index (χ3n) is 3.75. The van der Waals surface area contributed by atoms with Crippen molar-refractivity contribution < 1.29 is 9.53 Å². The van der Waals surface area contributed by atoms with E-state index >= 15 is 0 Å². The fraction of sp³-hybridized carbons (Fsp3) is 0.0952. The molecule has 0 aromatic heterocycles. The van der Waals surface area contributed by atoms with E-state index in [2.05, 4.69) is 0 Å². The van der Waals surface area contributed by atoms with E-state index in [0.717, 1.165) is 16.7 Å². The van der Waals surface area contributed by atoms with Crippen molar-refractivity contribution in [3.8, 4) is 16.9 Å². The van der Waals surface area contributed by atoms with Gasteiger partial charge >= 0.3 is 0 Å². The average Bonchev–Trinajstić information content (AvgIpc) is 2.60. The van der Waals surface area contributed by atoms with Crippen LogP contribution < -0.4 is 4.74 Å². The number of ether oxygens (including phenoxy) is 1. The second-order valence-corrected chi connectivity index (χ2v) is 5.99. The molecule has 3 rings (SSSR count). The summed E-state index contributed by atoms with van der Waals surface area (Å²) in [4.78, 5) is 12.0. The Hall–Kier alpha value is -2.58. The molecule has 0 atom stereocenters. The zero-order chi connectivity index (χ0) is 16.9. The average molecular weight is 337 g/mol. The van der Waals surface area contributed by atoms with Crippen molar-refractivity contribution in [2.24, 2.45) is 0 Å².